The highest BCUT2D eigenvalue weighted by Gasteiger charge is 2.13. The Morgan fingerprint density at radius 3 is 2.37 bits per heavy atom. The lowest BCUT2D eigenvalue weighted by Gasteiger charge is -2.21. The molecule has 206 valence electrons. The van der Waals surface area contributed by atoms with Crippen LogP contribution >= 0.6 is 0 Å². The molecule has 1 unspecified atom stereocenters. The molecular weight excluding hydrogens is 475 g/mol. The Bertz CT molecular complexity index is 1110. The third-order valence-electron chi connectivity index (χ3n) is 5.86. The average molecular weight is 521 g/mol. The molecule has 0 bridgehead atoms. The van der Waals surface area contributed by atoms with E-state index in [2.05, 4.69) is 10.6 Å². The van der Waals surface area contributed by atoms with Gasteiger partial charge in [0.15, 0.2) is 0 Å². The van der Waals surface area contributed by atoms with Crippen LogP contribution in [0.3, 0.4) is 0 Å². The van der Waals surface area contributed by atoms with Crippen LogP contribution in [0, 0.1) is 22.6 Å². The second-order valence-corrected chi connectivity index (χ2v) is 8.27. The van der Waals surface area contributed by atoms with E-state index in [4.69, 9.17) is 10.7 Å². The van der Waals surface area contributed by atoms with Crippen molar-refractivity contribution in [3.05, 3.63) is 87.8 Å². The number of halogens is 1. The van der Waals surface area contributed by atoms with E-state index in [9.17, 15) is 9.18 Å². The van der Waals surface area contributed by atoms with Gasteiger partial charge in [0.25, 0.3) is 0 Å². The van der Waals surface area contributed by atoms with Gasteiger partial charge in [-0.15, -0.1) is 0 Å². The fourth-order valence-electron chi connectivity index (χ4n) is 3.73. The number of nitrogens with zero attached hydrogens (tertiary/aromatic N) is 1. The summed E-state index contributed by atoms with van der Waals surface area (Å²) in [7, 11) is 2.03. The number of hydrogen-bond acceptors (Lipinski definition) is 5. The fraction of sp³-hybridized carbons (Fsp3) is 0.406. The van der Waals surface area contributed by atoms with Crippen molar-refractivity contribution in [3.63, 3.8) is 0 Å². The summed E-state index contributed by atoms with van der Waals surface area (Å²) in [5, 5.41) is 23.4. The summed E-state index contributed by atoms with van der Waals surface area (Å²) in [6.45, 7) is 15.8. The molecule has 3 N–H and O–H groups in total. The van der Waals surface area contributed by atoms with Crippen LogP contribution in [0.5, 0.6) is 0 Å². The van der Waals surface area contributed by atoms with Crippen molar-refractivity contribution in [2.75, 3.05) is 20.1 Å². The third-order valence-corrected chi connectivity index (χ3v) is 5.86. The maximum absolute atomic E-state index is 14.1. The molecule has 1 aromatic carbocycles. The molecule has 1 fully saturated rings. The first-order chi connectivity index (χ1) is 18.3. The van der Waals surface area contributed by atoms with E-state index in [-0.39, 0.29) is 5.56 Å². The number of nitriles is 1. The first-order valence-electron chi connectivity index (χ1n) is 13.4. The van der Waals surface area contributed by atoms with Gasteiger partial charge in [0, 0.05) is 12.6 Å². The molecule has 0 spiro atoms. The minimum Gasteiger partial charge on any atom is -0.316 e. The van der Waals surface area contributed by atoms with Crippen molar-refractivity contribution in [2.24, 2.45) is 0 Å². The zero-order valence-electron chi connectivity index (χ0n) is 24.3. The predicted octanol–water partition coefficient (Wildman–Crippen LogP) is 7.09. The van der Waals surface area contributed by atoms with Crippen molar-refractivity contribution in [1.82, 2.24) is 10.6 Å². The van der Waals surface area contributed by atoms with Gasteiger partial charge >= 0.3 is 0 Å². The van der Waals surface area contributed by atoms with Crippen LogP contribution in [0.25, 0.3) is 5.57 Å². The standard InChI is InChI=1S/C22H19FN2O.C6H14N2.2C2H6/c1-4-16-10-17(7-8-22(16)25)15(3)20(9-14(2)13-26)18-5-6-19(12-24)21(23)11-18;1-7-6-3-2-4-8-5-6;2*1-2/h4-11,13,25H,1-3H3;6-8H,2-5H2,1H3;2*1-2H3/b14-9+,16-4-,20-15-,25-22?;;;. The number of piperidine rings is 1. The van der Waals surface area contributed by atoms with Crippen LogP contribution in [0.4, 0.5) is 4.39 Å². The molecule has 0 saturated carbocycles. The summed E-state index contributed by atoms with van der Waals surface area (Å²) in [6, 6.07) is 6.94. The van der Waals surface area contributed by atoms with Crippen molar-refractivity contribution in [1.29, 1.82) is 10.7 Å². The molecule has 1 aromatic rings. The molecule has 0 aromatic heterocycles. The second-order valence-electron chi connectivity index (χ2n) is 8.27. The number of hydrogen-bond donors (Lipinski definition) is 3. The smallest absolute Gasteiger partial charge is 0.145 e. The minimum atomic E-state index is -0.600. The molecule has 1 saturated heterocycles. The van der Waals surface area contributed by atoms with Crippen molar-refractivity contribution < 1.29 is 9.18 Å². The van der Waals surface area contributed by atoms with Crippen LogP contribution in [-0.4, -0.2) is 38.2 Å². The summed E-state index contributed by atoms with van der Waals surface area (Å²) in [4.78, 5) is 11.1. The van der Waals surface area contributed by atoms with Gasteiger partial charge in [-0.3, -0.25) is 4.79 Å². The number of aldehydes is 1. The zero-order chi connectivity index (χ0) is 29.1. The van der Waals surface area contributed by atoms with E-state index in [1.54, 1.807) is 25.1 Å². The topological polar surface area (TPSA) is 88.8 Å². The Morgan fingerprint density at radius 2 is 1.89 bits per heavy atom. The highest BCUT2D eigenvalue weighted by atomic mass is 19.1. The number of allylic oxidation sites excluding steroid dienone is 10. The van der Waals surface area contributed by atoms with Crippen LogP contribution < -0.4 is 10.6 Å². The van der Waals surface area contributed by atoms with E-state index in [0.29, 0.717) is 22.4 Å². The largest absolute Gasteiger partial charge is 0.316 e. The molecule has 38 heavy (non-hydrogen) atoms. The summed E-state index contributed by atoms with van der Waals surface area (Å²) in [5.74, 6) is -0.600. The highest BCUT2D eigenvalue weighted by Crippen LogP contribution is 2.30. The summed E-state index contributed by atoms with van der Waals surface area (Å²) >= 11 is 0. The molecule has 0 amide bonds. The highest BCUT2D eigenvalue weighted by molar-refractivity contribution is 6.10. The van der Waals surface area contributed by atoms with Gasteiger partial charge in [0.05, 0.1) is 11.3 Å². The normalized spacial score (nSPS) is 18.3. The Kier molecular flexibility index (Phi) is 17.9. The average Bonchev–Trinajstić information content (AvgIpc) is 2.98. The van der Waals surface area contributed by atoms with Gasteiger partial charge in [-0.25, -0.2) is 4.39 Å². The van der Waals surface area contributed by atoms with Gasteiger partial charge in [-0.1, -0.05) is 45.9 Å². The van der Waals surface area contributed by atoms with Gasteiger partial charge in [-0.2, -0.15) is 5.26 Å². The van der Waals surface area contributed by atoms with Crippen LogP contribution in [0.15, 0.2) is 70.9 Å². The maximum atomic E-state index is 14.1. The lowest BCUT2D eigenvalue weighted by Crippen LogP contribution is -2.41. The lowest BCUT2D eigenvalue weighted by molar-refractivity contribution is -0.104. The van der Waals surface area contributed by atoms with E-state index in [0.717, 1.165) is 35.6 Å². The van der Waals surface area contributed by atoms with E-state index in [1.165, 1.54) is 31.5 Å². The van der Waals surface area contributed by atoms with E-state index >= 15 is 0 Å². The molecule has 1 heterocycles. The molecule has 6 heteroatoms. The van der Waals surface area contributed by atoms with Gasteiger partial charge in [0.2, 0.25) is 0 Å². The Labute approximate surface area is 229 Å². The quantitative estimate of drug-likeness (QED) is 0.220. The number of rotatable bonds is 5. The van der Waals surface area contributed by atoms with Crippen molar-refractivity contribution in [2.45, 2.75) is 67.3 Å². The zero-order valence-corrected chi connectivity index (χ0v) is 24.3. The molecule has 5 nitrogen and oxygen atoms in total. The summed E-state index contributed by atoms with van der Waals surface area (Å²) < 4.78 is 14.1. The number of likely N-dealkylation sites (N-methyl/N-ethyl adjacent to an activating group) is 1. The maximum Gasteiger partial charge on any atom is 0.145 e. The van der Waals surface area contributed by atoms with Gasteiger partial charge < -0.3 is 16.0 Å². The molecule has 1 aliphatic carbocycles. The predicted molar refractivity (Wildman–Crippen MR) is 160 cm³/mol. The first kappa shape index (κ1) is 34.6. The van der Waals surface area contributed by atoms with E-state index < -0.39 is 5.82 Å². The third kappa shape index (κ3) is 10.9. The summed E-state index contributed by atoms with van der Waals surface area (Å²) in [6.07, 6.45) is 12.4. The first-order valence-corrected chi connectivity index (χ1v) is 13.4. The number of carbonyl (C=O) groups is 1. The number of carbonyl (C=O) groups excluding carboxylic acids is 1. The van der Waals surface area contributed by atoms with Crippen LogP contribution in [-0.2, 0) is 4.79 Å². The SMILES string of the molecule is C/C=C1C=C(/C(C)=C(/C=C(\C)C=O)c2ccc(C#N)c(F)c2)C=CC/1=N.CC.CC.CNC1CCCNC1. The fourth-order valence-corrected chi connectivity index (χ4v) is 3.73. The molecule has 1 atom stereocenters. The minimum absolute atomic E-state index is 0.0247. The molecule has 3 rings (SSSR count). The lowest BCUT2D eigenvalue weighted by atomic mass is 9.89. The summed E-state index contributed by atoms with van der Waals surface area (Å²) in [5.41, 5.74) is 4.70. The van der Waals surface area contributed by atoms with Gasteiger partial charge in [-0.05, 0) is 111 Å². The Hall–Kier alpha value is -3.40. The monoisotopic (exact) mass is 520 g/mol. The molecule has 1 aliphatic heterocycles. The van der Waals surface area contributed by atoms with Crippen LogP contribution in [0.1, 0.15) is 72.4 Å². The molecule has 0 radical (unpaired) electrons. The van der Waals surface area contributed by atoms with Gasteiger partial charge in [0.1, 0.15) is 18.2 Å². The van der Waals surface area contributed by atoms with Crippen molar-refractivity contribution >= 4 is 17.6 Å². The molecular formula is C32H45FN4O. The Balaban J connectivity index is 0.000000952. The molecule has 2 aliphatic rings. The van der Waals surface area contributed by atoms with Crippen molar-refractivity contribution in [3.8, 4) is 6.07 Å². The number of nitrogens with one attached hydrogen (secondary N) is 3. The van der Waals surface area contributed by atoms with Crippen LogP contribution in [0.2, 0.25) is 0 Å². The number of benzene rings is 1. The second kappa shape index (κ2) is 19.7. The van der Waals surface area contributed by atoms with E-state index in [1.807, 2.05) is 72.9 Å². The Morgan fingerprint density at radius 1 is 1.21 bits per heavy atom.